The van der Waals surface area contributed by atoms with E-state index in [1.54, 1.807) is 56.5 Å². The molecule has 0 unspecified atom stereocenters. The van der Waals surface area contributed by atoms with E-state index in [9.17, 15) is 9.59 Å². The van der Waals surface area contributed by atoms with Gasteiger partial charge in [-0.2, -0.15) is 0 Å². The molecule has 0 bridgehead atoms. The van der Waals surface area contributed by atoms with Gasteiger partial charge in [-0.15, -0.1) is 0 Å². The second-order valence-electron chi connectivity index (χ2n) is 7.91. The monoisotopic (exact) mass is 465 g/mol. The van der Waals surface area contributed by atoms with Gasteiger partial charge >= 0.3 is 11.9 Å². The predicted molar refractivity (Wildman–Crippen MR) is 130 cm³/mol. The molecule has 1 heterocycles. The van der Waals surface area contributed by atoms with Crippen LogP contribution in [0.4, 0.5) is 5.69 Å². The second kappa shape index (κ2) is 10.9. The third kappa shape index (κ3) is 5.25. The fraction of sp³-hybridized carbons (Fsp3) is 0.333. The summed E-state index contributed by atoms with van der Waals surface area (Å²) in [5.74, 6) is -0.691. The molecule has 0 saturated carbocycles. The molecule has 0 aliphatic carbocycles. The lowest BCUT2D eigenvalue weighted by molar-refractivity contribution is -0.139. The number of hydrogen-bond donors (Lipinski definition) is 0. The molecule has 0 aromatic heterocycles. The standard InChI is InChI=1S/C27H31NO6/c1-7-33-26(29)21-15-28(20-12-17(3)11-18(4)13-20)16-22(27(30)34-8-2)25(21)19-9-10-23(31-5)24(14-19)32-6/h9-16,25H,7-8H2,1-6H3. The van der Waals surface area contributed by atoms with Crippen LogP contribution in [0.15, 0.2) is 59.9 Å². The van der Waals surface area contributed by atoms with E-state index in [1.165, 1.54) is 7.11 Å². The smallest absolute Gasteiger partial charge is 0.336 e. The first-order valence-corrected chi connectivity index (χ1v) is 11.2. The molecule has 180 valence electrons. The Hall–Kier alpha value is -3.74. The zero-order chi connectivity index (χ0) is 24.8. The maximum Gasteiger partial charge on any atom is 0.336 e. The minimum absolute atomic E-state index is 0.205. The van der Waals surface area contributed by atoms with Crippen LogP contribution in [0.5, 0.6) is 11.5 Å². The first-order chi connectivity index (χ1) is 16.3. The minimum Gasteiger partial charge on any atom is -0.493 e. The van der Waals surface area contributed by atoms with E-state index in [0.29, 0.717) is 28.2 Å². The summed E-state index contributed by atoms with van der Waals surface area (Å²) in [4.78, 5) is 28.1. The van der Waals surface area contributed by atoms with Gasteiger partial charge in [-0.3, -0.25) is 0 Å². The molecule has 0 saturated heterocycles. The predicted octanol–water partition coefficient (Wildman–Crippen LogP) is 4.82. The Morgan fingerprint density at radius 1 is 0.794 bits per heavy atom. The van der Waals surface area contributed by atoms with Crippen molar-refractivity contribution in [3.05, 3.63) is 76.6 Å². The molecule has 7 heteroatoms. The number of methoxy groups -OCH3 is 2. The molecule has 0 N–H and O–H groups in total. The summed E-state index contributed by atoms with van der Waals surface area (Å²) in [6.07, 6.45) is 3.44. The van der Waals surface area contributed by atoms with Crippen LogP contribution in [0.3, 0.4) is 0 Å². The van der Waals surface area contributed by atoms with E-state index < -0.39 is 17.9 Å². The van der Waals surface area contributed by atoms with Crippen molar-refractivity contribution in [3.8, 4) is 11.5 Å². The number of hydrogen-bond acceptors (Lipinski definition) is 7. The summed E-state index contributed by atoms with van der Waals surface area (Å²) >= 11 is 0. The van der Waals surface area contributed by atoms with Gasteiger partial charge in [0.05, 0.1) is 44.5 Å². The van der Waals surface area contributed by atoms with Gasteiger partial charge in [0, 0.05) is 18.1 Å². The summed E-state index contributed by atoms with van der Waals surface area (Å²) < 4.78 is 21.6. The molecular formula is C27H31NO6. The van der Waals surface area contributed by atoms with Crippen molar-refractivity contribution in [1.29, 1.82) is 0 Å². The molecule has 34 heavy (non-hydrogen) atoms. The summed E-state index contributed by atoms with van der Waals surface area (Å²) in [5, 5.41) is 0. The largest absolute Gasteiger partial charge is 0.493 e. The number of rotatable bonds is 8. The maximum atomic E-state index is 13.1. The quantitative estimate of drug-likeness (QED) is 0.518. The number of aryl methyl sites for hydroxylation is 2. The summed E-state index contributed by atoms with van der Waals surface area (Å²) in [6, 6.07) is 11.3. The van der Waals surface area contributed by atoms with Crippen molar-refractivity contribution in [1.82, 2.24) is 0 Å². The zero-order valence-electron chi connectivity index (χ0n) is 20.5. The fourth-order valence-electron chi connectivity index (χ4n) is 4.06. The van der Waals surface area contributed by atoms with E-state index in [-0.39, 0.29) is 13.2 Å². The molecular weight excluding hydrogens is 434 g/mol. The van der Waals surface area contributed by atoms with Crippen LogP contribution in [0.1, 0.15) is 36.5 Å². The van der Waals surface area contributed by atoms with E-state index in [4.69, 9.17) is 18.9 Å². The van der Waals surface area contributed by atoms with Gasteiger partial charge in [0.2, 0.25) is 0 Å². The van der Waals surface area contributed by atoms with Crippen LogP contribution in [-0.2, 0) is 19.1 Å². The molecule has 0 atom stereocenters. The first kappa shape index (κ1) is 24.9. The Morgan fingerprint density at radius 3 is 1.79 bits per heavy atom. The number of esters is 2. The van der Waals surface area contributed by atoms with Gasteiger partial charge < -0.3 is 23.8 Å². The maximum absolute atomic E-state index is 13.1. The lowest BCUT2D eigenvalue weighted by Crippen LogP contribution is -2.29. The third-order valence-corrected chi connectivity index (χ3v) is 5.45. The van der Waals surface area contributed by atoms with Crippen LogP contribution in [-0.4, -0.2) is 39.4 Å². The van der Waals surface area contributed by atoms with Crippen molar-refractivity contribution < 1.29 is 28.5 Å². The Morgan fingerprint density at radius 2 is 1.32 bits per heavy atom. The lowest BCUT2D eigenvalue weighted by atomic mass is 9.83. The molecule has 3 rings (SSSR count). The number of carbonyl (C=O) groups is 2. The number of carbonyl (C=O) groups excluding carboxylic acids is 2. The number of ether oxygens (including phenoxy) is 4. The minimum atomic E-state index is -0.708. The molecule has 0 fully saturated rings. The summed E-state index contributed by atoms with van der Waals surface area (Å²) in [6.45, 7) is 7.90. The van der Waals surface area contributed by atoms with Crippen molar-refractivity contribution >= 4 is 17.6 Å². The highest BCUT2D eigenvalue weighted by molar-refractivity contribution is 6.00. The van der Waals surface area contributed by atoms with E-state index >= 15 is 0 Å². The molecule has 0 spiro atoms. The molecule has 2 aromatic carbocycles. The Bertz CT molecular complexity index is 1080. The molecule has 0 amide bonds. The van der Waals surface area contributed by atoms with Gasteiger partial charge in [-0.1, -0.05) is 12.1 Å². The summed E-state index contributed by atoms with van der Waals surface area (Å²) in [5.41, 5.74) is 4.27. The van der Waals surface area contributed by atoms with Gasteiger partial charge in [-0.25, -0.2) is 9.59 Å². The first-order valence-electron chi connectivity index (χ1n) is 11.2. The second-order valence-corrected chi connectivity index (χ2v) is 7.91. The van der Waals surface area contributed by atoms with Gasteiger partial charge in [-0.05, 0) is 68.7 Å². The normalized spacial score (nSPS) is 13.6. The molecule has 1 aliphatic rings. The van der Waals surface area contributed by atoms with E-state index in [2.05, 4.69) is 6.07 Å². The van der Waals surface area contributed by atoms with Crippen molar-refractivity contribution in [3.63, 3.8) is 0 Å². The Balaban J connectivity index is 2.23. The van der Waals surface area contributed by atoms with Crippen molar-refractivity contribution in [2.75, 3.05) is 32.3 Å². The fourth-order valence-corrected chi connectivity index (χ4v) is 4.06. The SMILES string of the molecule is CCOC(=O)C1=CN(c2cc(C)cc(C)c2)C=C(C(=O)OCC)C1c1ccc(OC)c(OC)c1. The summed E-state index contributed by atoms with van der Waals surface area (Å²) in [7, 11) is 3.09. The number of anilines is 1. The molecule has 1 aliphatic heterocycles. The van der Waals surface area contributed by atoms with Crippen LogP contribution in [0.25, 0.3) is 0 Å². The van der Waals surface area contributed by atoms with Gasteiger partial charge in [0.15, 0.2) is 11.5 Å². The highest BCUT2D eigenvalue weighted by Gasteiger charge is 2.36. The highest BCUT2D eigenvalue weighted by Crippen LogP contribution is 2.41. The van der Waals surface area contributed by atoms with Crippen molar-refractivity contribution in [2.45, 2.75) is 33.6 Å². The highest BCUT2D eigenvalue weighted by atomic mass is 16.5. The molecule has 7 nitrogen and oxygen atoms in total. The van der Waals surface area contributed by atoms with Gasteiger partial charge in [0.1, 0.15) is 0 Å². The average molecular weight is 466 g/mol. The van der Waals surface area contributed by atoms with E-state index in [1.807, 2.05) is 26.0 Å². The number of nitrogens with zero attached hydrogens (tertiary/aromatic N) is 1. The topological polar surface area (TPSA) is 74.3 Å². The zero-order valence-corrected chi connectivity index (χ0v) is 20.5. The van der Waals surface area contributed by atoms with Crippen LogP contribution in [0, 0.1) is 13.8 Å². The van der Waals surface area contributed by atoms with Crippen LogP contribution in [0.2, 0.25) is 0 Å². The molecule has 0 radical (unpaired) electrons. The molecule has 2 aromatic rings. The van der Waals surface area contributed by atoms with E-state index in [0.717, 1.165) is 16.8 Å². The van der Waals surface area contributed by atoms with Crippen molar-refractivity contribution in [2.24, 2.45) is 0 Å². The average Bonchev–Trinajstić information content (AvgIpc) is 2.82. The Labute approximate surface area is 200 Å². The van der Waals surface area contributed by atoms with Crippen LogP contribution < -0.4 is 14.4 Å². The number of benzene rings is 2. The Kier molecular flexibility index (Phi) is 7.99. The van der Waals surface area contributed by atoms with Gasteiger partial charge in [0.25, 0.3) is 0 Å². The van der Waals surface area contributed by atoms with Crippen LogP contribution >= 0.6 is 0 Å². The third-order valence-electron chi connectivity index (χ3n) is 5.45. The lowest BCUT2D eigenvalue weighted by Gasteiger charge is -2.31.